The highest BCUT2D eigenvalue weighted by atomic mass is 35.5. The molecule has 18 heavy (non-hydrogen) atoms. The first-order valence-corrected chi connectivity index (χ1v) is 7.13. The average molecular weight is 292 g/mol. The lowest BCUT2D eigenvalue weighted by Gasteiger charge is -2.08. The highest BCUT2D eigenvalue weighted by Crippen LogP contribution is 2.21. The van der Waals surface area contributed by atoms with Gasteiger partial charge >= 0.3 is 5.97 Å². The minimum Gasteiger partial charge on any atom is -0.462 e. The predicted octanol–water partition coefficient (Wildman–Crippen LogP) is 1.80. The Labute approximate surface area is 111 Å². The minimum absolute atomic E-state index is 0.0297. The number of ether oxygens (including phenoxy) is 1. The highest BCUT2D eigenvalue weighted by molar-refractivity contribution is 7.89. The monoisotopic (exact) mass is 291 g/mol. The summed E-state index contributed by atoms with van der Waals surface area (Å²) in [6, 6.07) is 3.80. The van der Waals surface area contributed by atoms with Crippen molar-refractivity contribution in [2.24, 2.45) is 11.1 Å². The second kappa shape index (κ2) is 5.69. The van der Waals surface area contributed by atoms with Crippen LogP contribution in [0.15, 0.2) is 23.1 Å². The number of sulfonamides is 1. The van der Waals surface area contributed by atoms with Crippen LogP contribution < -0.4 is 5.14 Å². The maximum Gasteiger partial charge on any atom is 0.338 e. The second-order valence-electron chi connectivity index (χ2n) is 4.18. The van der Waals surface area contributed by atoms with Crippen molar-refractivity contribution >= 4 is 27.6 Å². The molecule has 2 N–H and O–H groups in total. The normalized spacial score (nSPS) is 11.6. The molecule has 0 fully saturated rings. The Balaban J connectivity index is 3.02. The van der Waals surface area contributed by atoms with Crippen molar-refractivity contribution in [1.82, 2.24) is 0 Å². The molecule has 0 radical (unpaired) electrons. The molecule has 5 nitrogen and oxygen atoms in total. The fourth-order valence-corrected chi connectivity index (χ4v) is 2.25. The van der Waals surface area contributed by atoms with E-state index in [4.69, 9.17) is 21.5 Å². The zero-order valence-corrected chi connectivity index (χ0v) is 11.6. The van der Waals surface area contributed by atoms with Crippen molar-refractivity contribution in [3.8, 4) is 0 Å². The van der Waals surface area contributed by atoms with Crippen LogP contribution in [0, 0.1) is 5.92 Å². The van der Waals surface area contributed by atoms with Gasteiger partial charge < -0.3 is 4.74 Å². The second-order valence-corrected chi connectivity index (χ2v) is 6.12. The molecule has 0 amide bonds. The molecule has 0 bridgehead atoms. The summed E-state index contributed by atoms with van der Waals surface area (Å²) in [5.41, 5.74) is 0.101. The zero-order valence-electron chi connectivity index (χ0n) is 10.0. The lowest BCUT2D eigenvalue weighted by Crippen LogP contribution is -2.15. The van der Waals surface area contributed by atoms with Gasteiger partial charge in [-0.3, -0.25) is 0 Å². The average Bonchev–Trinajstić information content (AvgIpc) is 2.24. The Hall–Kier alpha value is -1.11. The van der Waals surface area contributed by atoms with E-state index in [0.29, 0.717) is 0 Å². The first kappa shape index (κ1) is 14.9. The smallest absolute Gasteiger partial charge is 0.338 e. The van der Waals surface area contributed by atoms with Gasteiger partial charge in [-0.2, -0.15) is 0 Å². The van der Waals surface area contributed by atoms with Crippen molar-refractivity contribution in [2.75, 3.05) is 6.61 Å². The molecule has 0 aliphatic heterocycles. The van der Waals surface area contributed by atoms with E-state index in [1.54, 1.807) is 0 Å². The molecular weight excluding hydrogens is 278 g/mol. The van der Waals surface area contributed by atoms with Gasteiger partial charge in [-0.05, 0) is 24.1 Å². The molecule has 0 heterocycles. The summed E-state index contributed by atoms with van der Waals surface area (Å²) in [6.45, 7) is 4.04. The van der Waals surface area contributed by atoms with Crippen LogP contribution in [0.2, 0.25) is 5.02 Å². The van der Waals surface area contributed by atoms with E-state index in [1.807, 2.05) is 13.8 Å². The molecule has 0 aromatic heterocycles. The molecule has 100 valence electrons. The Kier molecular flexibility index (Phi) is 4.72. The largest absolute Gasteiger partial charge is 0.462 e. The molecule has 0 saturated carbocycles. The number of halogens is 1. The first-order chi connectivity index (χ1) is 8.21. The molecule has 1 rings (SSSR count). The van der Waals surface area contributed by atoms with Gasteiger partial charge in [0, 0.05) is 0 Å². The molecule has 0 atom stereocenters. The molecule has 0 unspecified atom stereocenters. The maximum atomic E-state index is 11.6. The minimum atomic E-state index is -3.96. The van der Waals surface area contributed by atoms with Crippen LogP contribution in [-0.2, 0) is 14.8 Å². The number of primary sulfonamides is 1. The molecule has 1 aromatic rings. The third-order valence-electron chi connectivity index (χ3n) is 2.02. The summed E-state index contributed by atoms with van der Waals surface area (Å²) in [5, 5.41) is 4.95. The first-order valence-electron chi connectivity index (χ1n) is 5.21. The van der Waals surface area contributed by atoms with E-state index < -0.39 is 16.0 Å². The molecular formula is C11H14ClNO4S. The summed E-state index contributed by atoms with van der Waals surface area (Å²) in [4.78, 5) is 11.3. The highest BCUT2D eigenvalue weighted by Gasteiger charge is 2.17. The van der Waals surface area contributed by atoms with Crippen molar-refractivity contribution < 1.29 is 17.9 Å². The van der Waals surface area contributed by atoms with E-state index in [1.165, 1.54) is 12.1 Å². The van der Waals surface area contributed by atoms with Crippen LogP contribution in [0.5, 0.6) is 0 Å². The molecule has 0 spiro atoms. The zero-order chi connectivity index (χ0) is 13.9. The van der Waals surface area contributed by atoms with Gasteiger partial charge in [0.1, 0.15) is 4.90 Å². The number of esters is 1. The third-order valence-corrected chi connectivity index (χ3v) is 3.41. The van der Waals surface area contributed by atoms with Crippen LogP contribution in [0.3, 0.4) is 0 Å². The lowest BCUT2D eigenvalue weighted by molar-refractivity contribution is 0.0458. The van der Waals surface area contributed by atoms with E-state index in [0.717, 1.165) is 6.07 Å². The summed E-state index contributed by atoms with van der Waals surface area (Å²) in [7, 11) is -3.96. The van der Waals surface area contributed by atoms with Crippen molar-refractivity contribution in [2.45, 2.75) is 18.7 Å². The fraction of sp³-hybridized carbons (Fsp3) is 0.364. The van der Waals surface area contributed by atoms with Gasteiger partial charge in [0.05, 0.1) is 17.2 Å². The van der Waals surface area contributed by atoms with Crippen LogP contribution in [-0.4, -0.2) is 21.0 Å². The summed E-state index contributed by atoms with van der Waals surface area (Å²) >= 11 is 5.70. The summed E-state index contributed by atoms with van der Waals surface area (Å²) in [6.07, 6.45) is 0. The number of rotatable bonds is 4. The van der Waals surface area contributed by atoms with Crippen molar-refractivity contribution in [3.05, 3.63) is 28.8 Å². The lowest BCUT2D eigenvalue weighted by atomic mass is 10.2. The topological polar surface area (TPSA) is 86.5 Å². The SMILES string of the molecule is CC(C)COC(=O)c1ccc(Cl)c(S(N)(=O)=O)c1. The van der Waals surface area contributed by atoms with E-state index in [-0.39, 0.29) is 28.0 Å². The van der Waals surface area contributed by atoms with Gasteiger partial charge in [-0.25, -0.2) is 18.4 Å². The van der Waals surface area contributed by atoms with Crippen LogP contribution in [0.25, 0.3) is 0 Å². The number of benzene rings is 1. The Morgan fingerprint density at radius 3 is 2.56 bits per heavy atom. The van der Waals surface area contributed by atoms with E-state index >= 15 is 0 Å². The molecule has 0 aliphatic rings. The fourth-order valence-electron chi connectivity index (χ4n) is 1.17. The van der Waals surface area contributed by atoms with Gasteiger partial charge in [0.15, 0.2) is 0 Å². The van der Waals surface area contributed by atoms with Crippen molar-refractivity contribution in [1.29, 1.82) is 0 Å². The quantitative estimate of drug-likeness (QED) is 0.857. The molecule has 7 heteroatoms. The van der Waals surface area contributed by atoms with Gasteiger partial charge in [0.2, 0.25) is 10.0 Å². The Morgan fingerprint density at radius 2 is 2.06 bits per heavy atom. The van der Waals surface area contributed by atoms with Gasteiger partial charge in [-0.1, -0.05) is 25.4 Å². The van der Waals surface area contributed by atoms with Crippen LogP contribution in [0.4, 0.5) is 0 Å². The van der Waals surface area contributed by atoms with Crippen LogP contribution >= 0.6 is 11.6 Å². The number of hydrogen-bond donors (Lipinski definition) is 1. The van der Waals surface area contributed by atoms with Crippen molar-refractivity contribution in [3.63, 3.8) is 0 Å². The third kappa shape index (κ3) is 3.97. The number of nitrogens with two attached hydrogens (primary N) is 1. The number of carbonyl (C=O) groups excluding carboxylic acids is 1. The van der Waals surface area contributed by atoms with Gasteiger partial charge in [-0.15, -0.1) is 0 Å². The number of carbonyl (C=O) groups is 1. The standard InChI is InChI=1S/C11H14ClNO4S/c1-7(2)6-17-11(14)8-3-4-9(12)10(5-8)18(13,15)16/h3-5,7H,6H2,1-2H3,(H2,13,15,16). The van der Waals surface area contributed by atoms with E-state index in [2.05, 4.69) is 0 Å². The van der Waals surface area contributed by atoms with Crippen LogP contribution in [0.1, 0.15) is 24.2 Å². The molecule has 0 aliphatic carbocycles. The Bertz CT molecular complexity index is 554. The summed E-state index contributed by atoms with van der Waals surface area (Å²) < 4.78 is 27.5. The predicted molar refractivity (Wildman–Crippen MR) is 67.9 cm³/mol. The molecule has 0 saturated heterocycles. The maximum absolute atomic E-state index is 11.6. The van der Waals surface area contributed by atoms with E-state index in [9.17, 15) is 13.2 Å². The Morgan fingerprint density at radius 1 is 1.44 bits per heavy atom. The number of hydrogen-bond acceptors (Lipinski definition) is 4. The van der Waals surface area contributed by atoms with Gasteiger partial charge in [0.25, 0.3) is 0 Å². The summed E-state index contributed by atoms with van der Waals surface area (Å²) in [5.74, 6) is -0.413. The molecule has 1 aromatic carbocycles.